The molecular formula is C11H22N2O2. The number of ether oxygens (including phenoxy) is 1. The number of carbonyl (C=O) groups is 1. The first-order chi connectivity index (χ1) is 7.10. The molecule has 1 fully saturated rings. The third-order valence-electron chi connectivity index (χ3n) is 3.08. The van der Waals surface area contributed by atoms with Crippen LogP contribution in [0.4, 0.5) is 0 Å². The minimum atomic E-state index is -0.110. The molecule has 0 aromatic heterocycles. The molecular weight excluding hydrogens is 192 g/mol. The van der Waals surface area contributed by atoms with Gasteiger partial charge in [-0.25, -0.2) is 0 Å². The number of rotatable bonds is 4. The van der Waals surface area contributed by atoms with Gasteiger partial charge in [0, 0.05) is 19.1 Å². The van der Waals surface area contributed by atoms with Gasteiger partial charge in [0.1, 0.15) is 6.04 Å². The van der Waals surface area contributed by atoms with Crippen molar-refractivity contribution >= 4 is 5.97 Å². The first kappa shape index (κ1) is 12.5. The summed E-state index contributed by atoms with van der Waals surface area (Å²) in [5.41, 5.74) is 5.94. The van der Waals surface area contributed by atoms with E-state index in [4.69, 9.17) is 10.5 Å². The molecule has 0 spiro atoms. The number of nitrogens with zero attached hydrogens (tertiary/aromatic N) is 1. The van der Waals surface area contributed by atoms with Gasteiger partial charge >= 0.3 is 5.97 Å². The second-order valence-electron chi connectivity index (χ2n) is 4.27. The van der Waals surface area contributed by atoms with Crippen LogP contribution in [-0.4, -0.2) is 42.6 Å². The van der Waals surface area contributed by atoms with Gasteiger partial charge < -0.3 is 10.5 Å². The van der Waals surface area contributed by atoms with E-state index in [2.05, 4.69) is 11.8 Å². The van der Waals surface area contributed by atoms with Crippen LogP contribution in [0.15, 0.2) is 0 Å². The minimum Gasteiger partial charge on any atom is -0.465 e. The highest BCUT2D eigenvalue weighted by molar-refractivity contribution is 5.75. The minimum absolute atomic E-state index is 0.110. The molecule has 0 amide bonds. The van der Waals surface area contributed by atoms with E-state index in [-0.39, 0.29) is 18.1 Å². The molecule has 15 heavy (non-hydrogen) atoms. The number of hydrogen-bond donors (Lipinski definition) is 1. The lowest BCUT2D eigenvalue weighted by Gasteiger charge is -2.24. The molecule has 4 nitrogen and oxygen atoms in total. The van der Waals surface area contributed by atoms with Crippen molar-refractivity contribution < 1.29 is 9.53 Å². The smallest absolute Gasteiger partial charge is 0.323 e. The first-order valence-corrected chi connectivity index (χ1v) is 5.76. The summed E-state index contributed by atoms with van der Waals surface area (Å²) >= 11 is 0. The van der Waals surface area contributed by atoms with E-state index >= 15 is 0 Å². The van der Waals surface area contributed by atoms with Gasteiger partial charge in [-0.3, -0.25) is 9.69 Å². The van der Waals surface area contributed by atoms with Gasteiger partial charge in [0.25, 0.3) is 0 Å². The molecule has 1 saturated heterocycles. The Morgan fingerprint density at radius 3 is 2.60 bits per heavy atom. The fraction of sp³-hybridized carbons (Fsp3) is 0.909. The lowest BCUT2D eigenvalue weighted by molar-refractivity contribution is -0.149. The summed E-state index contributed by atoms with van der Waals surface area (Å²) in [6, 6.07) is 0.0782. The van der Waals surface area contributed by atoms with Gasteiger partial charge in [0.05, 0.1) is 6.61 Å². The molecule has 0 bridgehead atoms. The third kappa shape index (κ3) is 2.92. The Labute approximate surface area is 91.8 Å². The Balaban J connectivity index is 2.56. The molecule has 1 aliphatic heterocycles. The second-order valence-corrected chi connectivity index (χ2v) is 4.27. The molecule has 1 heterocycles. The van der Waals surface area contributed by atoms with E-state index in [1.165, 1.54) is 0 Å². The Bertz CT molecular complexity index is 211. The normalized spacial score (nSPS) is 29.1. The average Bonchev–Trinajstić information content (AvgIpc) is 2.48. The molecule has 88 valence electrons. The summed E-state index contributed by atoms with van der Waals surface area (Å²) in [5.74, 6) is 0.356. The largest absolute Gasteiger partial charge is 0.465 e. The fourth-order valence-electron chi connectivity index (χ4n) is 2.10. The van der Waals surface area contributed by atoms with E-state index in [1.807, 2.05) is 13.8 Å². The van der Waals surface area contributed by atoms with Crippen molar-refractivity contribution in [3.63, 3.8) is 0 Å². The monoisotopic (exact) mass is 214 g/mol. The topological polar surface area (TPSA) is 55.6 Å². The Morgan fingerprint density at radius 2 is 2.20 bits per heavy atom. The van der Waals surface area contributed by atoms with Gasteiger partial charge in [-0.05, 0) is 19.3 Å². The van der Waals surface area contributed by atoms with Gasteiger partial charge in [-0.15, -0.1) is 0 Å². The molecule has 0 aromatic rings. The quantitative estimate of drug-likeness (QED) is 0.697. The van der Waals surface area contributed by atoms with Crippen LogP contribution in [0.5, 0.6) is 0 Å². The van der Waals surface area contributed by atoms with Crippen LogP contribution >= 0.6 is 0 Å². The lowest BCUT2D eigenvalue weighted by Crippen LogP contribution is -2.41. The molecule has 1 rings (SSSR count). The molecule has 0 aromatic carbocycles. The van der Waals surface area contributed by atoms with Crippen molar-refractivity contribution in [1.29, 1.82) is 0 Å². The lowest BCUT2D eigenvalue weighted by atomic mass is 10.1. The van der Waals surface area contributed by atoms with E-state index in [1.54, 1.807) is 0 Å². The zero-order chi connectivity index (χ0) is 11.4. The highest BCUT2D eigenvalue weighted by atomic mass is 16.5. The van der Waals surface area contributed by atoms with Crippen LogP contribution < -0.4 is 5.73 Å². The van der Waals surface area contributed by atoms with Crippen molar-refractivity contribution in [3.8, 4) is 0 Å². The van der Waals surface area contributed by atoms with Crippen molar-refractivity contribution in [2.75, 3.05) is 19.7 Å². The van der Waals surface area contributed by atoms with Crippen molar-refractivity contribution in [2.24, 2.45) is 11.7 Å². The van der Waals surface area contributed by atoms with Gasteiger partial charge in [-0.1, -0.05) is 13.8 Å². The number of hydrogen-bond acceptors (Lipinski definition) is 4. The Morgan fingerprint density at radius 1 is 1.53 bits per heavy atom. The summed E-state index contributed by atoms with van der Waals surface area (Å²) < 4.78 is 5.06. The molecule has 0 aliphatic carbocycles. The number of carbonyl (C=O) groups excluding carboxylic acids is 1. The molecule has 0 saturated carbocycles. The van der Waals surface area contributed by atoms with Crippen LogP contribution in [0.1, 0.15) is 27.2 Å². The number of likely N-dealkylation sites (tertiary alicyclic amines) is 1. The zero-order valence-corrected chi connectivity index (χ0v) is 9.90. The highest BCUT2D eigenvalue weighted by Crippen LogP contribution is 2.19. The molecule has 0 radical (unpaired) electrons. The van der Waals surface area contributed by atoms with Crippen molar-refractivity contribution in [1.82, 2.24) is 4.90 Å². The number of esters is 1. The maximum Gasteiger partial charge on any atom is 0.323 e. The van der Waals surface area contributed by atoms with E-state index in [0.717, 1.165) is 19.5 Å². The number of nitrogens with two attached hydrogens (primary N) is 1. The third-order valence-corrected chi connectivity index (χ3v) is 3.08. The van der Waals surface area contributed by atoms with E-state index in [0.29, 0.717) is 12.5 Å². The molecule has 4 heteroatoms. The van der Waals surface area contributed by atoms with Crippen LogP contribution in [-0.2, 0) is 9.53 Å². The molecule has 3 unspecified atom stereocenters. The second kappa shape index (κ2) is 5.47. The fourth-order valence-corrected chi connectivity index (χ4v) is 2.10. The standard InChI is InChI=1S/C11H22N2O2/c1-4-10(11(14)15-5-2)13-6-8(3)9(12)7-13/h8-10H,4-7,12H2,1-3H3. The predicted octanol–water partition coefficient (Wildman–Crippen LogP) is 0.607. The first-order valence-electron chi connectivity index (χ1n) is 5.76. The van der Waals surface area contributed by atoms with Crippen LogP contribution in [0, 0.1) is 5.92 Å². The average molecular weight is 214 g/mol. The SMILES string of the molecule is CCOC(=O)C(CC)N1CC(C)C(N)C1. The predicted molar refractivity (Wildman–Crippen MR) is 59.4 cm³/mol. The highest BCUT2D eigenvalue weighted by Gasteiger charge is 2.34. The van der Waals surface area contributed by atoms with E-state index < -0.39 is 0 Å². The van der Waals surface area contributed by atoms with Crippen LogP contribution in [0.2, 0.25) is 0 Å². The van der Waals surface area contributed by atoms with Crippen molar-refractivity contribution in [2.45, 2.75) is 39.3 Å². The van der Waals surface area contributed by atoms with Crippen LogP contribution in [0.25, 0.3) is 0 Å². The van der Waals surface area contributed by atoms with Gasteiger partial charge in [0.2, 0.25) is 0 Å². The maximum absolute atomic E-state index is 11.7. The van der Waals surface area contributed by atoms with Crippen LogP contribution in [0.3, 0.4) is 0 Å². The summed E-state index contributed by atoms with van der Waals surface area (Å²) in [4.78, 5) is 13.8. The summed E-state index contributed by atoms with van der Waals surface area (Å²) in [6.07, 6.45) is 0.790. The summed E-state index contributed by atoms with van der Waals surface area (Å²) in [6.45, 7) is 8.13. The molecule has 1 aliphatic rings. The summed E-state index contributed by atoms with van der Waals surface area (Å²) in [5, 5.41) is 0. The summed E-state index contributed by atoms with van der Waals surface area (Å²) in [7, 11) is 0. The Kier molecular flexibility index (Phi) is 4.54. The molecule has 3 atom stereocenters. The maximum atomic E-state index is 11.7. The van der Waals surface area contributed by atoms with E-state index in [9.17, 15) is 4.79 Å². The molecule has 2 N–H and O–H groups in total. The van der Waals surface area contributed by atoms with Crippen molar-refractivity contribution in [3.05, 3.63) is 0 Å². The van der Waals surface area contributed by atoms with Gasteiger partial charge in [0.15, 0.2) is 0 Å². The Hall–Kier alpha value is -0.610. The van der Waals surface area contributed by atoms with Gasteiger partial charge in [-0.2, -0.15) is 0 Å². The zero-order valence-electron chi connectivity index (χ0n) is 9.90.